The molecule has 0 unspecified atom stereocenters. The minimum atomic E-state index is 0.693. The van der Waals surface area contributed by atoms with Crippen LogP contribution in [0.15, 0.2) is 24.5 Å². The van der Waals surface area contributed by atoms with E-state index in [1.165, 1.54) is 0 Å². The second kappa shape index (κ2) is 8.47. The molecule has 0 aliphatic carbocycles. The normalized spacial score (nSPS) is 15.2. The van der Waals surface area contributed by atoms with E-state index in [9.17, 15) is 0 Å². The van der Waals surface area contributed by atoms with Gasteiger partial charge in [0.25, 0.3) is 0 Å². The van der Waals surface area contributed by atoms with Gasteiger partial charge in [-0.05, 0) is 31.0 Å². The molecule has 1 aliphatic rings. The van der Waals surface area contributed by atoms with E-state index in [4.69, 9.17) is 16.3 Å². The summed E-state index contributed by atoms with van der Waals surface area (Å²) < 4.78 is 5.36. The van der Waals surface area contributed by atoms with Crippen LogP contribution in [0.5, 0.6) is 0 Å². The molecule has 3 rings (SSSR count). The largest absolute Gasteiger partial charge is 0.379 e. The summed E-state index contributed by atoms with van der Waals surface area (Å²) >= 11 is 6.36. The van der Waals surface area contributed by atoms with Crippen molar-refractivity contribution in [1.82, 2.24) is 14.9 Å². The molecule has 25 heavy (non-hydrogen) atoms. The Hall–Kier alpha value is -1.89. The highest BCUT2D eigenvalue weighted by atomic mass is 35.5. The summed E-state index contributed by atoms with van der Waals surface area (Å²) in [5.74, 6) is 1.52. The minimum Gasteiger partial charge on any atom is -0.379 e. The highest BCUT2D eigenvalue weighted by molar-refractivity contribution is 6.33. The van der Waals surface area contributed by atoms with Gasteiger partial charge in [-0.2, -0.15) is 0 Å². The predicted octanol–water partition coefficient (Wildman–Crippen LogP) is 3.23. The van der Waals surface area contributed by atoms with Gasteiger partial charge < -0.3 is 15.4 Å². The van der Waals surface area contributed by atoms with E-state index in [0.29, 0.717) is 5.02 Å². The summed E-state index contributed by atoms with van der Waals surface area (Å²) in [5.41, 5.74) is 3.11. The van der Waals surface area contributed by atoms with Gasteiger partial charge in [-0.15, -0.1) is 0 Å². The molecule has 1 aromatic carbocycles. The van der Waals surface area contributed by atoms with E-state index in [0.717, 1.165) is 67.8 Å². The van der Waals surface area contributed by atoms with Crippen molar-refractivity contribution in [2.45, 2.75) is 13.8 Å². The number of morpholine rings is 1. The summed E-state index contributed by atoms with van der Waals surface area (Å²) in [6.07, 6.45) is 1.55. The zero-order chi connectivity index (χ0) is 17.6. The molecule has 1 saturated heterocycles. The molecule has 1 aromatic heterocycles. The van der Waals surface area contributed by atoms with Crippen molar-refractivity contribution in [2.24, 2.45) is 0 Å². The number of aryl methyl sites for hydroxylation is 2. The monoisotopic (exact) mass is 361 g/mol. The lowest BCUT2D eigenvalue weighted by Crippen LogP contribution is -2.39. The first-order chi connectivity index (χ1) is 12.1. The van der Waals surface area contributed by atoms with Crippen LogP contribution in [-0.2, 0) is 4.74 Å². The van der Waals surface area contributed by atoms with E-state index in [1.54, 1.807) is 6.33 Å². The Labute approximate surface area is 153 Å². The molecule has 1 aliphatic heterocycles. The van der Waals surface area contributed by atoms with Gasteiger partial charge in [0.15, 0.2) is 0 Å². The van der Waals surface area contributed by atoms with Crippen LogP contribution in [-0.4, -0.2) is 54.3 Å². The number of nitrogens with zero attached hydrogens (tertiary/aromatic N) is 3. The number of aromatic nitrogens is 2. The number of nitrogens with one attached hydrogen (secondary N) is 2. The molecule has 0 radical (unpaired) electrons. The van der Waals surface area contributed by atoms with Crippen molar-refractivity contribution >= 4 is 28.9 Å². The summed E-state index contributed by atoms with van der Waals surface area (Å²) in [4.78, 5) is 11.0. The van der Waals surface area contributed by atoms with E-state index in [1.807, 2.05) is 26.0 Å². The molecule has 0 saturated carbocycles. The minimum absolute atomic E-state index is 0.693. The summed E-state index contributed by atoms with van der Waals surface area (Å²) in [7, 11) is 0. The molecule has 0 atom stereocenters. The molecule has 1 fully saturated rings. The molecule has 2 aromatic rings. The lowest BCUT2D eigenvalue weighted by atomic mass is 10.1. The third kappa shape index (κ3) is 5.04. The number of halogens is 1. The highest BCUT2D eigenvalue weighted by Gasteiger charge is 2.10. The molecule has 0 amide bonds. The van der Waals surface area contributed by atoms with Crippen LogP contribution >= 0.6 is 11.6 Å². The van der Waals surface area contributed by atoms with Crippen molar-refractivity contribution in [3.8, 4) is 0 Å². The number of anilines is 3. The van der Waals surface area contributed by atoms with Crippen LogP contribution in [0.4, 0.5) is 17.3 Å². The maximum absolute atomic E-state index is 6.36. The summed E-state index contributed by atoms with van der Waals surface area (Å²) in [6, 6.07) is 5.94. The SMILES string of the molecule is Cc1cc(C)c(Nc2cc(NCCN3CCOCC3)ncn2)c(Cl)c1. The van der Waals surface area contributed by atoms with Gasteiger partial charge in [-0.1, -0.05) is 17.7 Å². The van der Waals surface area contributed by atoms with Crippen LogP contribution < -0.4 is 10.6 Å². The zero-order valence-corrected chi connectivity index (χ0v) is 15.4. The van der Waals surface area contributed by atoms with Gasteiger partial charge in [-0.25, -0.2) is 9.97 Å². The number of ether oxygens (including phenoxy) is 1. The first-order valence-electron chi connectivity index (χ1n) is 8.51. The summed E-state index contributed by atoms with van der Waals surface area (Å²) in [5, 5.41) is 7.34. The van der Waals surface area contributed by atoms with Crippen molar-refractivity contribution in [2.75, 3.05) is 50.0 Å². The first kappa shape index (κ1) is 17.9. The van der Waals surface area contributed by atoms with Crippen LogP contribution in [0.25, 0.3) is 0 Å². The van der Waals surface area contributed by atoms with E-state index in [2.05, 4.69) is 31.6 Å². The topological polar surface area (TPSA) is 62.3 Å². The van der Waals surface area contributed by atoms with Gasteiger partial charge in [0.05, 0.1) is 23.9 Å². The maximum Gasteiger partial charge on any atom is 0.135 e. The van der Waals surface area contributed by atoms with Crippen molar-refractivity contribution < 1.29 is 4.74 Å². The van der Waals surface area contributed by atoms with Crippen molar-refractivity contribution in [3.05, 3.63) is 40.7 Å². The van der Waals surface area contributed by atoms with Crippen LogP contribution in [0, 0.1) is 13.8 Å². The number of hydrogen-bond acceptors (Lipinski definition) is 6. The second-order valence-corrected chi connectivity index (χ2v) is 6.64. The smallest absolute Gasteiger partial charge is 0.135 e. The number of rotatable bonds is 6. The third-order valence-corrected chi connectivity index (χ3v) is 4.49. The molecular formula is C18H24ClN5O. The molecule has 134 valence electrons. The van der Waals surface area contributed by atoms with Crippen molar-refractivity contribution in [3.63, 3.8) is 0 Å². The lowest BCUT2D eigenvalue weighted by Gasteiger charge is -2.26. The molecule has 0 spiro atoms. The van der Waals surface area contributed by atoms with Crippen LogP contribution in [0.3, 0.4) is 0 Å². The van der Waals surface area contributed by atoms with Crippen LogP contribution in [0.1, 0.15) is 11.1 Å². The molecule has 7 heteroatoms. The first-order valence-corrected chi connectivity index (χ1v) is 8.89. The van der Waals surface area contributed by atoms with Gasteiger partial charge in [-0.3, -0.25) is 4.90 Å². The Morgan fingerprint density at radius 3 is 2.64 bits per heavy atom. The Bertz CT molecular complexity index is 695. The fourth-order valence-electron chi connectivity index (χ4n) is 2.89. The van der Waals surface area contributed by atoms with Gasteiger partial charge >= 0.3 is 0 Å². The fraction of sp³-hybridized carbons (Fsp3) is 0.444. The third-order valence-electron chi connectivity index (χ3n) is 4.19. The number of hydrogen-bond donors (Lipinski definition) is 2. The van der Waals surface area contributed by atoms with Gasteiger partial charge in [0, 0.05) is 32.2 Å². The standard InChI is InChI=1S/C18H24ClN5O/c1-13-9-14(2)18(15(19)10-13)23-17-11-16(21-12-22-17)20-3-4-24-5-7-25-8-6-24/h9-12H,3-8H2,1-2H3,(H2,20,21,22,23). The molecule has 2 heterocycles. The Morgan fingerprint density at radius 1 is 1.12 bits per heavy atom. The van der Waals surface area contributed by atoms with E-state index in [-0.39, 0.29) is 0 Å². The molecular weight excluding hydrogens is 338 g/mol. The van der Waals surface area contributed by atoms with Crippen molar-refractivity contribution in [1.29, 1.82) is 0 Å². The Kier molecular flexibility index (Phi) is 6.07. The zero-order valence-electron chi connectivity index (χ0n) is 14.7. The average Bonchev–Trinajstić information content (AvgIpc) is 2.59. The van der Waals surface area contributed by atoms with Gasteiger partial charge in [0.2, 0.25) is 0 Å². The van der Waals surface area contributed by atoms with Crippen LogP contribution in [0.2, 0.25) is 5.02 Å². The maximum atomic E-state index is 6.36. The number of benzene rings is 1. The Morgan fingerprint density at radius 2 is 1.88 bits per heavy atom. The van der Waals surface area contributed by atoms with E-state index < -0.39 is 0 Å². The average molecular weight is 362 g/mol. The summed E-state index contributed by atoms with van der Waals surface area (Å²) in [6.45, 7) is 9.48. The predicted molar refractivity (Wildman–Crippen MR) is 102 cm³/mol. The quantitative estimate of drug-likeness (QED) is 0.823. The lowest BCUT2D eigenvalue weighted by molar-refractivity contribution is 0.0398. The molecule has 0 bridgehead atoms. The van der Waals surface area contributed by atoms with E-state index >= 15 is 0 Å². The molecule has 6 nitrogen and oxygen atoms in total. The van der Waals surface area contributed by atoms with Gasteiger partial charge in [0.1, 0.15) is 18.0 Å². The highest BCUT2D eigenvalue weighted by Crippen LogP contribution is 2.29. The Balaban J connectivity index is 1.59. The second-order valence-electron chi connectivity index (χ2n) is 6.23. The molecule has 2 N–H and O–H groups in total. The fourth-order valence-corrected chi connectivity index (χ4v) is 3.26.